The molecule has 9 fully saturated rings. The van der Waals surface area contributed by atoms with Gasteiger partial charge in [0.25, 0.3) is 0 Å². The number of likely N-dealkylation sites (tertiary alicyclic amines) is 3. The van der Waals surface area contributed by atoms with Crippen molar-refractivity contribution in [2.24, 2.45) is 22.7 Å². The topological polar surface area (TPSA) is 191 Å². The number of aliphatic hydroxyl groups is 3. The van der Waals surface area contributed by atoms with Gasteiger partial charge in [-0.05, 0) is 199 Å². The summed E-state index contributed by atoms with van der Waals surface area (Å²) in [4.78, 5) is 27.7. The summed E-state index contributed by atoms with van der Waals surface area (Å²) in [5, 5.41) is 68.8. The summed E-state index contributed by atoms with van der Waals surface area (Å²) >= 11 is 0. The highest BCUT2D eigenvalue weighted by Gasteiger charge is 2.76. The lowest BCUT2D eigenvalue weighted by atomic mass is 9.48. The second kappa shape index (κ2) is 19.7. The number of carbonyl (C=O) groups excluding carboxylic acids is 1. The summed E-state index contributed by atoms with van der Waals surface area (Å²) in [6.07, 6.45) is 15.7. The number of hydrogen-bond acceptors (Lipinski definition) is 15. The molecular weight excluding hydrogens is 1120 g/mol. The quantitative estimate of drug-likeness (QED) is 0.0780. The van der Waals surface area contributed by atoms with E-state index in [0.717, 1.165) is 143 Å². The lowest BCUT2D eigenvalue weighted by Gasteiger charge is -2.65. The maximum absolute atomic E-state index is 12.7. The molecule has 13 atom stereocenters. The number of phenolic OH excluding ortho intramolecular Hbond substituents is 3. The molecule has 3 spiro atoms. The van der Waals surface area contributed by atoms with Gasteiger partial charge in [-0.25, -0.2) is 0 Å². The van der Waals surface area contributed by atoms with Gasteiger partial charge < -0.3 is 49.7 Å². The van der Waals surface area contributed by atoms with Crippen LogP contribution in [0, 0.1) is 17.8 Å². The highest BCUT2D eigenvalue weighted by atomic mass is 16.5. The minimum atomic E-state index is -0.940. The van der Waals surface area contributed by atoms with Gasteiger partial charge in [0.2, 0.25) is 0 Å². The van der Waals surface area contributed by atoms with E-state index in [0.29, 0.717) is 43.1 Å². The van der Waals surface area contributed by atoms with Gasteiger partial charge in [0.1, 0.15) is 12.2 Å². The van der Waals surface area contributed by atoms with Crippen LogP contribution in [-0.4, -0.2) is 162 Å². The lowest BCUT2D eigenvalue weighted by Crippen LogP contribution is -2.78. The molecule has 6 N–H and O–H groups in total. The molecule has 0 unspecified atom stereocenters. The van der Waals surface area contributed by atoms with E-state index in [1.807, 2.05) is 30.3 Å². The Kier molecular flexibility index (Phi) is 12.3. The number of Topliss-reactive ketones (excluding diaryl/α,β-unsaturated/α-hetero) is 1. The predicted octanol–water partition coefficient (Wildman–Crippen LogP) is 8.58. The van der Waals surface area contributed by atoms with E-state index >= 15 is 0 Å². The van der Waals surface area contributed by atoms with Crippen LogP contribution in [0.2, 0.25) is 0 Å². The Morgan fingerprint density at radius 1 is 0.506 bits per heavy atom. The van der Waals surface area contributed by atoms with Crippen molar-refractivity contribution in [3.63, 3.8) is 0 Å². The van der Waals surface area contributed by atoms with Crippen LogP contribution in [0.4, 0.5) is 5.69 Å². The van der Waals surface area contributed by atoms with Gasteiger partial charge >= 0.3 is 0 Å². The van der Waals surface area contributed by atoms with E-state index in [9.17, 15) is 35.4 Å². The van der Waals surface area contributed by atoms with E-state index in [1.165, 1.54) is 60.9 Å². The number of rotatable bonds is 10. The predicted molar refractivity (Wildman–Crippen MR) is 336 cm³/mol. The third-order valence-corrected chi connectivity index (χ3v) is 25.8. The second-order valence-electron chi connectivity index (χ2n) is 30.1. The number of likely N-dealkylation sites (N-methyl/N-ethyl adjacent to an activating group) is 1. The molecule has 15 nitrogen and oxygen atoms in total. The smallest absolute Gasteiger partial charge is 0.174 e. The van der Waals surface area contributed by atoms with E-state index < -0.39 is 39.2 Å². The van der Waals surface area contributed by atoms with Crippen molar-refractivity contribution in [3.05, 3.63) is 136 Å². The maximum Gasteiger partial charge on any atom is 0.174 e. The Bertz CT molecular complexity index is 3740. The molecule has 6 bridgehead atoms. The molecule has 6 heterocycles. The van der Waals surface area contributed by atoms with Gasteiger partial charge in [0.15, 0.2) is 46.4 Å². The molecule has 466 valence electrons. The van der Waals surface area contributed by atoms with E-state index in [1.54, 1.807) is 18.2 Å². The Labute approximate surface area is 521 Å². The molecule has 0 aromatic heterocycles. The van der Waals surface area contributed by atoms with Gasteiger partial charge in [0.05, 0.1) is 51.3 Å². The number of ketones is 1. The van der Waals surface area contributed by atoms with Crippen LogP contribution in [0.3, 0.4) is 0 Å². The molecular formula is C74H85N5O10. The average molecular weight is 1200 g/mol. The van der Waals surface area contributed by atoms with Crippen molar-refractivity contribution in [2.75, 3.05) is 51.2 Å². The summed E-state index contributed by atoms with van der Waals surface area (Å²) in [6.45, 7) is 6.76. The average Bonchev–Trinajstić information content (AvgIpc) is 1.72. The Balaban J connectivity index is 0.000000101. The SMILES string of the molecule is CN(c1ccccc1)[C@H]1CC[C@@]2(O)[C@H]3Cc4ccc(O)c5c4[C@@]2(CCN3CC2CC2)[C@H]1O5.O=C1CC[C@@]2(O)[C@H]3Cc4ccc(O)c5c4[C@@]2(CCN3CC2CC2)[C@H]1O5.Oc1ccc2c3c1O[C@H]1C(=NCc4ccccc4)CC[C@@]4(O)[C@@H](C2)N(CC2CC2)CC[C@]314. The fourth-order valence-corrected chi connectivity index (χ4v) is 21.2. The number of ether oxygens (including phenoxy) is 3. The van der Waals surface area contributed by atoms with Gasteiger partial charge in [-0.15, -0.1) is 0 Å². The van der Waals surface area contributed by atoms with Crippen LogP contribution >= 0.6 is 0 Å². The van der Waals surface area contributed by atoms with Crippen LogP contribution in [0.25, 0.3) is 0 Å². The zero-order valence-corrected chi connectivity index (χ0v) is 51.2. The number of aliphatic imine (C=N–C) groups is 1. The summed E-state index contributed by atoms with van der Waals surface area (Å²) in [5.74, 6) is 4.63. The molecule has 5 aromatic carbocycles. The van der Waals surface area contributed by atoms with Gasteiger partial charge in [-0.1, -0.05) is 66.7 Å². The molecule has 0 amide bonds. The molecule has 6 aliphatic heterocycles. The molecule has 89 heavy (non-hydrogen) atoms. The first-order valence-corrected chi connectivity index (χ1v) is 34.0. The molecule has 5 aromatic rings. The van der Waals surface area contributed by atoms with Gasteiger partial charge in [0, 0.05) is 73.6 Å². The monoisotopic (exact) mass is 1200 g/mol. The summed E-state index contributed by atoms with van der Waals surface area (Å²) in [5.41, 5.74) is 5.90. The second-order valence-corrected chi connectivity index (χ2v) is 30.1. The van der Waals surface area contributed by atoms with Crippen LogP contribution in [0.15, 0.2) is 102 Å². The zero-order valence-electron chi connectivity index (χ0n) is 51.2. The number of phenols is 3. The van der Waals surface area contributed by atoms with Crippen molar-refractivity contribution < 1.29 is 49.6 Å². The van der Waals surface area contributed by atoms with Crippen LogP contribution in [0.1, 0.15) is 135 Å². The van der Waals surface area contributed by atoms with Crippen LogP contribution < -0.4 is 19.1 Å². The number of piperidine rings is 3. The standard InChI is InChI=1S/C27H32N2O3.C27H30N2O3.C20H23NO4/c1-28(19-5-3-2-4-6-19)20-11-12-27(31)22-15-18-9-10-21(30)24-23(18)26(27,25(20)32-24)13-14-29(22)16-17-7-8-17;30-21-9-8-19-14-22-27(31)11-10-20(28-15-17-4-2-1-3-5-17)25-26(27,23(19)24(21)32-25)12-13-29(22)16-18-6-7-18;22-13-4-3-12-9-15-20(24)6-5-14(23)18-19(20,16(12)17(13)25-18)7-8-21(15)10-11-1-2-11/h2-6,9-10,17,20,22,25,30-31H,7-8,11-16H2,1H3;1-5,8-9,18,22,25,30-31H,6-7,10-16H2;3-4,11,15,18,22,24H,1-2,5-10H2/t20-,22+,25-,26-,27+;22-,25+,26+,27-;15-,18+,19+,20-/m011/s1. The highest BCUT2D eigenvalue weighted by Crippen LogP contribution is 2.69. The third kappa shape index (κ3) is 7.72. The molecule has 3 saturated heterocycles. The van der Waals surface area contributed by atoms with Gasteiger partial charge in [-0.3, -0.25) is 24.5 Å². The van der Waals surface area contributed by atoms with Gasteiger partial charge in [-0.2, -0.15) is 0 Å². The number of nitrogens with zero attached hydrogens (tertiary/aromatic N) is 5. The third-order valence-electron chi connectivity index (χ3n) is 25.8. The fraction of sp³-hybridized carbons (Fsp3) is 0.568. The van der Waals surface area contributed by atoms with Crippen molar-refractivity contribution in [2.45, 2.75) is 198 Å². The van der Waals surface area contributed by atoms with Crippen LogP contribution in [0.5, 0.6) is 34.5 Å². The van der Waals surface area contributed by atoms with Crippen molar-refractivity contribution in [3.8, 4) is 34.5 Å². The minimum Gasteiger partial charge on any atom is -0.504 e. The minimum absolute atomic E-state index is 0.0454. The number of hydrogen-bond donors (Lipinski definition) is 6. The molecule has 15 aliphatic rings. The summed E-state index contributed by atoms with van der Waals surface area (Å²) in [7, 11) is 2.15. The molecule has 9 aliphatic carbocycles. The van der Waals surface area contributed by atoms with Crippen LogP contribution in [-0.2, 0) is 46.8 Å². The zero-order chi connectivity index (χ0) is 60.1. The van der Waals surface area contributed by atoms with E-state index in [2.05, 4.69) is 75.2 Å². The lowest BCUT2D eigenvalue weighted by molar-refractivity contribution is -0.189. The maximum atomic E-state index is 12.7. The molecule has 15 heteroatoms. The normalized spacial score (nSPS) is 37.9. The summed E-state index contributed by atoms with van der Waals surface area (Å²) < 4.78 is 19.3. The number of carbonyl (C=O) groups is 1. The Morgan fingerprint density at radius 3 is 1.46 bits per heavy atom. The van der Waals surface area contributed by atoms with Crippen molar-refractivity contribution in [1.82, 2.24) is 14.7 Å². The summed E-state index contributed by atoms with van der Waals surface area (Å²) in [6, 6.07) is 32.6. The highest BCUT2D eigenvalue weighted by molar-refractivity contribution is 5.94. The largest absolute Gasteiger partial charge is 0.504 e. The number of para-hydroxylation sites is 1. The van der Waals surface area contributed by atoms with E-state index in [4.69, 9.17) is 19.2 Å². The first-order valence-electron chi connectivity index (χ1n) is 34.0. The number of benzene rings is 5. The first kappa shape index (κ1) is 55.6. The van der Waals surface area contributed by atoms with Crippen molar-refractivity contribution in [1.29, 1.82) is 0 Å². The molecule has 20 rings (SSSR count). The van der Waals surface area contributed by atoms with E-state index in [-0.39, 0.29) is 59.4 Å². The molecule has 6 saturated carbocycles. The Morgan fingerprint density at radius 2 is 0.944 bits per heavy atom. The first-order chi connectivity index (χ1) is 43.2. The number of anilines is 1. The Hall–Kier alpha value is -6.20. The molecule has 0 radical (unpaired) electrons. The fourth-order valence-electron chi connectivity index (χ4n) is 21.2. The van der Waals surface area contributed by atoms with Crippen molar-refractivity contribution >= 4 is 17.2 Å². The number of aromatic hydroxyl groups is 3.